The van der Waals surface area contributed by atoms with E-state index >= 15 is 0 Å². The summed E-state index contributed by atoms with van der Waals surface area (Å²) in [7, 11) is 0. The number of hydrogen-bond acceptors (Lipinski definition) is 4. The molecule has 2 aromatic carbocycles. The number of hydrogen-bond donors (Lipinski definition) is 1. The Morgan fingerprint density at radius 3 is 2.52 bits per heavy atom. The molecule has 3 rings (SSSR count). The first kappa shape index (κ1) is 14.0. The third-order valence-corrected chi connectivity index (χ3v) is 3.65. The van der Waals surface area contributed by atoms with Crippen LogP contribution in [0.1, 0.15) is 0 Å². The molecule has 0 aliphatic carbocycles. The van der Waals surface area contributed by atoms with Gasteiger partial charge in [0.15, 0.2) is 5.82 Å². The molecule has 0 saturated carbocycles. The van der Waals surface area contributed by atoms with Gasteiger partial charge in [-0.15, -0.1) is 0 Å². The molecule has 0 saturated heterocycles. The van der Waals surface area contributed by atoms with Gasteiger partial charge < -0.3 is 10.5 Å². The molecule has 21 heavy (non-hydrogen) atoms. The summed E-state index contributed by atoms with van der Waals surface area (Å²) >= 11 is 8.93. The average molecular weight is 369 g/mol. The monoisotopic (exact) mass is 367 g/mol. The first-order chi connectivity index (χ1) is 10.0. The molecule has 106 valence electrons. The zero-order valence-electron chi connectivity index (χ0n) is 10.5. The fourth-order valence-corrected chi connectivity index (χ4v) is 2.48. The zero-order valence-corrected chi connectivity index (χ0v) is 12.8. The molecule has 0 fully saturated rings. The number of para-hydroxylation sites is 2. The predicted molar refractivity (Wildman–Crippen MR) is 83.1 cm³/mol. The number of anilines is 1. The van der Waals surface area contributed by atoms with Gasteiger partial charge in [-0.3, -0.25) is 0 Å². The predicted octanol–water partition coefficient (Wildman–Crippen LogP) is 4.56. The van der Waals surface area contributed by atoms with Gasteiger partial charge in [-0.2, -0.15) is 0 Å². The van der Waals surface area contributed by atoms with Crippen LogP contribution in [-0.4, -0.2) is 9.97 Å². The van der Waals surface area contributed by atoms with E-state index in [9.17, 15) is 4.39 Å². The highest BCUT2D eigenvalue weighted by atomic mass is 79.9. The van der Waals surface area contributed by atoms with Crippen molar-refractivity contribution in [1.82, 2.24) is 9.97 Å². The van der Waals surface area contributed by atoms with E-state index in [-0.39, 0.29) is 22.5 Å². The lowest BCUT2D eigenvalue weighted by Crippen LogP contribution is -1.99. The summed E-state index contributed by atoms with van der Waals surface area (Å²) in [5.74, 6) is -0.151. The maximum absolute atomic E-state index is 13.5. The van der Waals surface area contributed by atoms with E-state index in [2.05, 4.69) is 25.9 Å². The van der Waals surface area contributed by atoms with E-state index in [0.717, 1.165) is 6.07 Å². The third-order valence-electron chi connectivity index (χ3n) is 2.75. The number of fused-ring (bicyclic) bond motifs is 1. The molecule has 3 aromatic rings. The normalized spacial score (nSPS) is 10.8. The van der Waals surface area contributed by atoms with Gasteiger partial charge in [0.05, 0.1) is 20.5 Å². The summed E-state index contributed by atoms with van der Waals surface area (Å²) in [6.07, 6.45) is 0. The van der Waals surface area contributed by atoms with Gasteiger partial charge in [0.2, 0.25) is 0 Å². The lowest BCUT2D eigenvalue weighted by molar-refractivity contribution is 0.458. The fourth-order valence-electron chi connectivity index (χ4n) is 1.76. The Morgan fingerprint density at radius 1 is 1.14 bits per heavy atom. The number of ether oxygens (including phenoxy) is 1. The molecule has 0 atom stereocenters. The molecule has 0 unspecified atom stereocenters. The van der Waals surface area contributed by atoms with Crippen LogP contribution in [0, 0.1) is 5.82 Å². The van der Waals surface area contributed by atoms with E-state index in [1.807, 2.05) is 12.1 Å². The largest absolute Gasteiger partial charge is 0.435 e. The minimum atomic E-state index is -0.595. The molecule has 0 amide bonds. The van der Waals surface area contributed by atoms with Crippen LogP contribution < -0.4 is 10.5 Å². The summed E-state index contributed by atoms with van der Waals surface area (Å²) in [6.45, 7) is 0. The van der Waals surface area contributed by atoms with Crippen molar-refractivity contribution in [1.29, 1.82) is 0 Å². The number of rotatable bonds is 2. The van der Waals surface area contributed by atoms with E-state index in [1.165, 1.54) is 6.07 Å². The highest BCUT2D eigenvalue weighted by Crippen LogP contribution is 2.34. The standard InChI is InChI=1S/C14H8BrClFN3O/c15-7-5-8(16)9(17)6-12(7)21-14-13(18)19-10-3-1-2-4-11(10)20-14/h1-6H,(H2,18,19). The molecule has 7 heteroatoms. The van der Waals surface area contributed by atoms with Gasteiger partial charge in [-0.25, -0.2) is 14.4 Å². The van der Waals surface area contributed by atoms with Crippen LogP contribution >= 0.6 is 27.5 Å². The summed E-state index contributed by atoms with van der Waals surface area (Å²) < 4.78 is 19.5. The van der Waals surface area contributed by atoms with Crippen molar-refractivity contribution in [2.75, 3.05) is 5.73 Å². The lowest BCUT2D eigenvalue weighted by atomic mass is 10.3. The van der Waals surface area contributed by atoms with Crippen molar-refractivity contribution in [2.45, 2.75) is 0 Å². The SMILES string of the molecule is Nc1nc2ccccc2nc1Oc1cc(F)c(Cl)cc1Br. The molecule has 0 radical (unpaired) electrons. The summed E-state index contributed by atoms with van der Waals surface area (Å²) in [5, 5.41) is -0.00760. The van der Waals surface area contributed by atoms with E-state index in [0.29, 0.717) is 15.5 Å². The Labute approximate surface area is 132 Å². The first-order valence-electron chi connectivity index (χ1n) is 5.89. The first-order valence-corrected chi connectivity index (χ1v) is 7.06. The van der Waals surface area contributed by atoms with Gasteiger partial charge in [0.1, 0.15) is 11.6 Å². The van der Waals surface area contributed by atoms with Crippen LogP contribution in [0.15, 0.2) is 40.9 Å². The Hall–Kier alpha value is -1.92. The minimum Gasteiger partial charge on any atom is -0.435 e. The smallest absolute Gasteiger partial charge is 0.263 e. The zero-order chi connectivity index (χ0) is 15.0. The molecule has 1 aromatic heterocycles. The van der Waals surface area contributed by atoms with Crippen LogP contribution in [0.4, 0.5) is 10.2 Å². The molecule has 1 heterocycles. The number of nitrogens with zero attached hydrogens (tertiary/aromatic N) is 2. The Kier molecular flexibility index (Phi) is 3.65. The molecule has 0 aliphatic rings. The Balaban J connectivity index is 2.05. The van der Waals surface area contributed by atoms with Crippen LogP contribution in [0.3, 0.4) is 0 Å². The van der Waals surface area contributed by atoms with Crippen molar-refractivity contribution in [2.24, 2.45) is 0 Å². The average Bonchev–Trinajstić information content (AvgIpc) is 2.45. The van der Waals surface area contributed by atoms with Crippen LogP contribution in [0.25, 0.3) is 11.0 Å². The van der Waals surface area contributed by atoms with Crippen molar-refractivity contribution in [3.63, 3.8) is 0 Å². The molecular formula is C14H8BrClFN3O. The van der Waals surface area contributed by atoms with Crippen LogP contribution in [0.5, 0.6) is 11.6 Å². The quantitative estimate of drug-likeness (QED) is 0.674. The summed E-state index contributed by atoms with van der Waals surface area (Å²) in [5.41, 5.74) is 7.11. The molecule has 4 nitrogen and oxygen atoms in total. The maximum atomic E-state index is 13.5. The van der Waals surface area contributed by atoms with Gasteiger partial charge in [-0.1, -0.05) is 23.7 Å². The minimum absolute atomic E-state index is 0.00760. The highest BCUT2D eigenvalue weighted by molar-refractivity contribution is 9.10. The summed E-state index contributed by atoms with van der Waals surface area (Å²) in [6, 6.07) is 9.79. The number of benzene rings is 2. The topological polar surface area (TPSA) is 61.0 Å². The molecule has 0 spiro atoms. The van der Waals surface area contributed by atoms with Crippen molar-refractivity contribution < 1.29 is 9.13 Å². The van der Waals surface area contributed by atoms with Crippen molar-refractivity contribution in [3.8, 4) is 11.6 Å². The van der Waals surface area contributed by atoms with Gasteiger partial charge >= 0.3 is 0 Å². The van der Waals surface area contributed by atoms with Gasteiger partial charge in [0, 0.05) is 6.07 Å². The maximum Gasteiger partial charge on any atom is 0.263 e. The van der Waals surface area contributed by atoms with Crippen molar-refractivity contribution in [3.05, 3.63) is 51.7 Å². The van der Waals surface area contributed by atoms with Crippen LogP contribution in [-0.2, 0) is 0 Å². The number of aromatic nitrogens is 2. The number of nitrogen functional groups attached to an aromatic ring is 1. The van der Waals surface area contributed by atoms with E-state index in [1.54, 1.807) is 12.1 Å². The third kappa shape index (κ3) is 2.77. The summed E-state index contributed by atoms with van der Waals surface area (Å²) in [4.78, 5) is 8.47. The number of nitrogens with two attached hydrogens (primary N) is 1. The van der Waals surface area contributed by atoms with E-state index < -0.39 is 5.82 Å². The molecule has 0 aliphatic heterocycles. The van der Waals surface area contributed by atoms with Gasteiger partial charge in [-0.05, 0) is 34.1 Å². The molecular weight excluding hydrogens is 361 g/mol. The Morgan fingerprint density at radius 2 is 1.81 bits per heavy atom. The fraction of sp³-hybridized carbons (Fsp3) is 0. The second-order valence-electron chi connectivity index (χ2n) is 4.20. The second-order valence-corrected chi connectivity index (χ2v) is 5.46. The van der Waals surface area contributed by atoms with Gasteiger partial charge in [0.25, 0.3) is 5.88 Å². The highest BCUT2D eigenvalue weighted by Gasteiger charge is 2.13. The Bertz CT molecular complexity index is 844. The van der Waals surface area contributed by atoms with E-state index in [4.69, 9.17) is 22.1 Å². The number of halogens is 3. The van der Waals surface area contributed by atoms with Crippen LogP contribution in [0.2, 0.25) is 5.02 Å². The molecule has 2 N–H and O–H groups in total. The lowest BCUT2D eigenvalue weighted by Gasteiger charge is -2.10. The molecule has 0 bridgehead atoms. The second kappa shape index (κ2) is 5.46. The van der Waals surface area contributed by atoms with Crippen molar-refractivity contribution >= 4 is 44.4 Å².